The van der Waals surface area contributed by atoms with Crippen molar-refractivity contribution in [1.82, 2.24) is 5.16 Å². The molecule has 3 aromatic rings. The van der Waals surface area contributed by atoms with Crippen LogP contribution in [0.3, 0.4) is 0 Å². The quantitative estimate of drug-likeness (QED) is 0.600. The standard InChI is InChI=1S/C19H22N2O4S2/c1-6-24-16-9-7-15(8-10-16)21(5)27(22,23)19-14(4)26-13(3)18(19)17-11-12(2)20-25-17/h7-11H,6H2,1-5H3. The molecule has 6 nitrogen and oxygen atoms in total. The van der Waals surface area contributed by atoms with Gasteiger partial charge < -0.3 is 9.26 Å². The molecule has 0 radical (unpaired) electrons. The van der Waals surface area contributed by atoms with Crippen LogP contribution in [0.25, 0.3) is 11.3 Å². The van der Waals surface area contributed by atoms with Gasteiger partial charge in [-0.15, -0.1) is 11.3 Å². The lowest BCUT2D eigenvalue weighted by atomic mass is 10.2. The average Bonchev–Trinajstić information content (AvgIpc) is 3.17. The van der Waals surface area contributed by atoms with Crippen molar-refractivity contribution in [3.8, 4) is 17.1 Å². The van der Waals surface area contributed by atoms with Crippen molar-refractivity contribution >= 4 is 27.0 Å². The largest absolute Gasteiger partial charge is 0.494 e. The number of thiophene rings is 1. The van der Waals surface area contributed by atoms with Crippen LogP contribution in [0, 0.1) is 20.8 Å². The molecule has 0 aliphatic carbocycles. The Balaban J connectivity index is 2.07. The zero-order chi connectivity index (χ0) is 19.8. The minimum Gasteiger partial charge on any atom is -0.494 e. The predicted molar refractivity (Wildman–Crippen MR) is 107 cm³/mol. The van der Waals surface area contributed by atoms with E-state index in [0.717, 1.165) is 4.88 Å². The highest BCUT2D eigenvalue weighted by molar-refractivity contribution is 7.93. The summed E-state index contributed by atoms with van der Waals surface area (Å²) >= 11 is 1.43. The molecule has 8 heteroatoms. The van der Waals surface area contributed by atoms with E-state index < -0.39 is 10.0 Å². The van der Waals surface area contributed by atoms with Gasteiger partial charge in [-0.3, -0.25) is 4.31 Å². The van der Waals surface area contributed by atoms with Crippen molar-refractivity contribution < 1.29 is 17.7 Å². The lowest BCUT2D eigenvalue weighted by Gasteiger charge is -2.20. The Morgan fingerprint density at radius 2 is 1.81 bits per heavy atom. The van der Waals surface area contributed by atoms with Crippen LogP contribution in [0.15, 0.2) is 39.8 Å². The Kier molecular flexibility index (Phi) is 5.30. The maximum absolute atomic E-state index is 13.4. The Hall–Kier alpha value is -2.32. The smallest absolute Gasteiger partial charge is 0.265 e. The normalized spacial score (nSPS) is 11.6. The van der Waals surface area contributed by atoms with Crippen molar-refractivity contribution in [1.29, 1.82) is 0 Å². The summed E-state index contributed by atoms with van der Waals surface area (Å²) < 4.78 is 38.9. The SMILES string of the molecule is CCOc1ccc(N(C)S(=O)(=O)c2c(C)sc(C)c2-c2cc(C)no2)cc1. The van der Waals surface area contributed by atoms with Crippen molar-refractivity contribution in [3.05, 3.63) is 45.8 Å². The first-order valence-corrected chi connectivity index (χ1v) is 10.8. The van der Waals surface area contributed by atoms with E-state index in [2.05, 4.69) is 5.16 Å². The van der Waals surface area contributed by atoms with Crippen LogP contribution < -0.4 is 9.04 Å². The van der Waals surface area contributed by atoms with Crippen molar-refractivity contribution in [3.63, 3.8) is 0 Å². The third-order valence-electron chi connectivity index (χ3n) is 4.21. The minimum absolute atomic E-state index is 0.262. The summed E-state index contributed by atoms with van der Waals surface area (Å²) in [5.41, 5.74) is 1.84. The molecule has 0 bridgehead atoms. The first kappa shape index (κ1) is 19.4. The fourth-order valence-electron chi connectivity index (χ4n) is 2.93. The summed E-state index contributed by atoms with van der Waals surface area (Å²) in [6.45, 7) is 7.96. The molecule has 0 aliphatic heterocycles. The van der Waals surface area contributed by atoms with Crippen LogP contribution in [0.4, 0.5) is 5.69 Å². The Morgan fingerprint density at radius 1 is 1.15 bits per heavy atom. The summed E-state index contributed by atoms with van der Waals surface area (Å²) in [6, 6.07) is 8.74. The maximum atomic E-state index is 13.4. The van der Waals surface area contributed by atoms with Crippen LogP contribution in [0.1, 0.15) is 22.4 Å². The topological polar surface area (TPSA) is 72.6 Å². The van der Waals surface area contributed by atoms with Crippen LogP contribution in [0.2, 0.25) is 0 Å². The average molecular weight is 407 g/mol. The van der Waals surface area contributed by atoms with Gasteiger partial charge in [-0.1, -0.05) is 5.16 Å². The lowest BCUT2D eigenvalue weighted by molar-refractivity contribution is 0.340. The highest BCUT2D eigenvalue weighted by Crippen LogP contribution is 2.41. The molecule has 0 unspecified atom stereocenters. The number of nitrogens with zero attached hydrogens (tertiary/aromatic N) is 2. The predicted octanol–water partition coefficient (Wildman–Crippen LogP) is 4.55. The molecule has 2 heterocycles. The number of rotatable bonds is 6. The molecule has 0 fully saturated rings. The summed E-state index contributed by atoms with van der Waals surface area (Å²) in [6.07, 6.45) is 0. The molecule has 0 saturated heterocycles. The number of hydrogen-bond acceptors (Lipinski definition) is 6. The van der Waals surface area contributed by atoms with Crippen molar-refractivity contribution in [2.24, 2.45) is 0 Å². The van der Waals surface area contributed by atoms with E-state index in [4.69, 9.17) is 9.26 Å². The number of hydrogen-bond donors (Lipinski definition) is 0. The van der Waals surface area contributed by atoms with Gasteiger partial charge in [0.2, 0.25) is 0 Å². The zero-order valence-corrected chi connectivity index (χ0v) is 17.6. The summed E-state index contributed by atoms with van der Waals surface area (Å²) in [4.78, 5) is 1.86. The van der Waals surface area contributed by atoms with Gasteiger partial charge in [0, 0.05) is 22.9 Å². The van der Waals surface area contributed by atoms with E-state index in [-0.39, 0.29) is 4.90 Å². The van der Waals surface area contributed by atoms with Gasteiger partial charge in [0.05, 0.1) is 23.6 Å². The lowest BCUT2D eigenvalue weighted by Crippen LogP contribution is -2.27. The second-order valence-corrected chi connectivity index (χ2v) is 9.49. The molecule has 0 atom stereocenters. The molecular weight excluding hydrogens is 384 g/mol. The van der Waals surface area contributed by atoms with E-state index in [1.807, 2.05) is 27.7 Å². The fraction of sp³-hybridized carbons (Fsp3) is 0.316. The van der Waals surface area contributed by atoms with Crippen molar-refractivity contribution in [2.75, 3.05) is 18.0 Å². The maximum Gasteiger partial charge on any atom is 0.265 e. The summed E-state index contributed by atoms with van der Waals surface area (Å²) in [5, 5.41) is 3.90. The second-order valence-electron chi connectivity index (χ2n) is 6.15. The van der Waals surface area contributed by atoms with E-state index in [1.54, 1.807) is 37.4 Å². The van der Waals surface area contributed by atoms with E-state index in [1.165, 1.54) is 15.6 Å². The third kappa shape index (κ3) is 3.59. The number of aromatic nitrogens is 1. The van der Waals surface area contributed by atoms with Gasteiger partial charge in [0.25, 0.3) is 10.0 Å². The molecule has 27 heavy (non-hydrogen) atoms. The monoisotopic (exact) mass is 406 g/mol. The highest BCUT2D eigenvalue weighted by atomic mass is 32.2. The van der Waals surface area contributed by atoms with E-state index in [9.17, 15) is 8.42 Å². The number of aryl methyl sites for hydroxylation is 3. The molecule has 144 valence electrons. The molecule has 2 aromatic heterocycles. The Bertz CT molecular complexity index is 1050. The molecule has 0 amide bonds. The van der Waals surface area contributed by atoms with Crippen molar-refractivity contribution in [2.45, 2.75) is 32.6 Å². The van der Waals surface area contributed by atoms with Gasteiger partial charge in [0.15, 0.2) is 5.76 Å². The molecule has 3 rings (SSSR count). The second kappa shape index (κ2) is 7.36. The third-order valence-corrected chi connectivity index (χ3v) is 7.32. The van der Waals surface area contributed by atoms with Gasteiger partial charge in [-0.25, -0.2) is 8.42 Å². The molecule has 0 aliphatic rings. The van der Waals surface area contributed by atoms with Crippen LogP contribution in [-0.4, -0.2) is 27.2 Å². The number of anilines is 1. The zero-order valence-electron chi connectivity index (χ0n) is 15.9. The summed E-state index contributed by atoms with van der Waals surface area (Å²) in [7, 11) is -2.23. The van der Waals surface area contributed by atoms with Gasteiger partial charge >= 0.3 is 0 Å². The van der Waals surface area contributed by atoms with E-state index in [0.29, 0.717) is 39.9 Å². The molecular formula is C19H22N2O4S2. The fourth-order valence-corrected chi connectivity index (χ4v) is 5.95. The Morgan fingerprint density at radius 3 is 2.37 bits per heavy atom. The summed E-state index contributed by atoms with van der Waals surface area (Å²) in [5.74, 6) is 1.17. The van der Waals surface area contributed by atoms with E-state index >= 15 is 0 Å². The van der Waals surface area contributed by atoms with Gasteiger partial charge in [-0.2, -0.15) is 0 Å². The highest BCUT2D eigenvalue weighted by Gasteiger charge is 2.31. The molecule has 0 N–H and O–H groups in total. The van der Waals surface area contributed by atoms with Crippen LogP contribution >= 0.6 is 11.3 Å². The number of sulfonamides is 1. The molecule has 0 spiro atoms. The first-order chi connectivity index (χ1) is 12.8. The van der Waals surface area contributed by atoms with Crippen LogP contribution in [-0.2, 0) is 10.0 Å². The number of ether oxygens (including phenoxy) is 1. The molecule has 0 saturated carbocycles. The first-order valence-electron chi connectivity index (χ1n) is 8.51. The molecule has 1 aromatic carbocycles. The minimum atomic E-state index is -3.78. The van der Waals surface area contributed by atoms with Gasteiger partial charge in [-0.05, 0) is 52.0 Å². The van der Waals surface area contributed by atoms with Crippen LogP contribution in [0.5, 0.6) is 5.75 Å². The Labute approximate surface area is 163 Å². The van der Waals surface area contributed by atoms with Gasteiger partial charge in [0.1, 0.15) is 10.6 Å². The number of benzene rings is 1.